The molecule has 0 aromatic heterocycles. The van der Waals surface area contributed by atoms with E-state index in [0.717, 1.165) is 14.8 Å². The largest absolute Gasteiger partial charge is 0.467 e. The average molecular weight is 240 g/mol. The van der Waals surface area contributed by atoms with Gasteiger partial charge in [-0.2, -0.15) is 17.6 Å². The Morgan fingerprint density at radius 2 is 1.53 bits per heavy atom. The van der Waals surface area contributed by atoms with Crippen LogP contribution in [0.2, 0.25) is 0 Å². The van der Waals surface area contributed by atoms with Crippen LogP contribution >= 0.6 is 9.24 Å². The topological polar surface area (TPSA) is 9.23 Å². The van der Waals surface area contributed by atoms with Crippen molar-refractivity contribution in [2.24, 2.45) is 0 Å². The summed E-state index contributed by atoms with van der Waals surface area (Å²) in [6.07, 6.45) is -4.53. The third-order valence-corrected chi connectivity index (χ3v) is 1.99. The van der Waals surface area contributed by atoms with Crippen molar-refractivity contribution in [1.82, 2.24) is 0 Å². The summed E-state index contributed by atoms with van der Waals surface area (Å²) in [6, 6.07) is 5.40. The van der Waals surface area contributed by atoms with Crippen LogP contribution in [-0.2, 0) is 0 Å². The summed E-state index contributed by atoms with van der Waals surface area (Å²) in [5.41, 5.74) is -3.47. The number of halogens is 4. The van der Waals surface area contributed by atoms with Crippen molar-refractivity contribution in [1.29, 1.82) is 0 Å². The van der Waals surface area contributed by atoms with Gasteiger partial charge in [-0.1, -0.05) is 26.9 Å². The lowest BCUT2D eigenvalue weighted by Gasteiger charge is -2.23. The predicted octanol–water partition coefficient (Wildman–Crippen LogP) is 3.43. The van der Waals surface area contributed by atoms with E-state index in [2.05, 4.69) is 4.74 Å². The lowest BCUT2D eigenvalue weighted by molar-refractivity contribution is -0.270. The second kappa shape index (κ2) is 3.97. The van der Waals surface area contributed by atoms with Gasteiger partial charge in [0.05, 0.1) is 0 Å². The fourth-order valence-electron chi connectivity index (χ4n) is 0.822. The Balaban J connectivity index is 2.82. The van der Waals surface area contributed by atoms with Crippen molar-refractivity contribution < 1.29 is 22.3 Å². The number of hydrogen-bond donors (Lipinski definition) is 0. The summed E-state index contributed by atoms with van der Waals surface area (Å²) in [6.45, 7) is 1.74. The first kappa shape index (κ1) is 12.2. The zero-order chi connectivity index (χ0) is 11.7. The van der Waals surface area contributed by atoms with Crippen molar-refractivity contribution in [2.45, 2.75) is 18.7 Å². The molecule has 0 spiro atoms. The van der Waals surface area contributed by atoms with Crippen LogP contribution in [0.4, 0.5) is 17.6 Å². The molecule has 1 atom stereocenters. The van der Waals surface area contributed by atoms with Crippen molar-refractivity contribution in [3.8, 4) is 5.75 Å². The Hall–Kier alpha value is -0.830. The molecule has 0 N–H and O–H groups in total. The molecule has 1 aromatic carbocycles. The van der Waals surface area contributed by atoms with Crippen LogP contribution in [0.15, 0.2) is 24.3 Å². The first-order chi connectivity index (χ1) is 6.72. The van der Waals surface area contributed by atoms with Crippen molar-refractivity contribution in [3.63, 3.8) is 0 Å². The fourth-order valence-corrected chi connectivity index (χ4v) is 0.881. The highest BCUT2D eigenvalue weighted by Gasteiger charge is 2.55. The molecule has 0 saturated heterocycles. The molecule has 0 radical (unpaired) electrons. The molecule has 0 aliphatic carbocycles. The number of aryl methyl sites for hydroxylation is 1. The predicted molar refractivity (Wildman–Crippen MR) is 51.4 cm³/mol. The fraction of sp³-hybridized carbons (Fsp3) is 0.333. The average Bonchev–Trinajstić information content (AvgIpc) is 2.06. The van der Waals surface area contributed by atoms with Gasteiger partial charge in [-0.3, -0.25) is 0 Å². The monoisotopic (exact) mass is 240 g/mol. The van der Waals surface area contributed by atoms with E-state index < -0.39 is 11.8 Å². The maximum Gasteiger partial charge on any atom is 0.467 e. The van der Waals surface area contributed by atoms with E-state index in [-0.39, 0.29) is 5.75 Å². The number of alkyl halides is 4. The normalized spacial score (nSPS) is 12.7. The molecule has 6 heteroatoms. The van der Waals surface area contributed by atoms with Crippen LogP contribution in [0, 0.1) is 6.92 Å². The molecular formula is C9H9F4OP. The third kappa shape index (κ3) is 3.06. The van der Waals surface area contributed by atoms with Gasteiger partial charge < -0.3 is 4.74 Å². The molecule has 15 heavy (non-hydrogen) atoms. The Kier molecular flexibility index (Phi) is 3.24. The minimum atomic E-state index is -4.53. The van der Waals surface area contributed by atoms with Crippen LogP contribution in [-0.4, -0.2) is 11.8 Å². The Bertz CT molecular complexity index is 331. The minimum absolute atomic E-state index is 0.298. The van der Waals surface area contributed by atoms with Gasteiger partial charge in [0.15, 0.2) is 0 Å². The van der Waals surface area contributed by atoms with E-state index in [1.54, 1.807) is 6.92 Å². The molecule has 0 aliphatic heterocycles. The maximum atomic E-state index is 12.7. The number of benzene rings is 1. The molecule has 84 valence electrons. The molecule has 1 rings (SSSR count). The standard InChI is InChI=1S/C9H9F4OP/c1-6-2-4-7(5-3-6)14-8(10,11)9(12,13)15/h2-5H,15H2,1H3. The second-order valence-corrected chi connectivity index (χ2v) is 3.78. The van der Waals surface area contributed by atoms with Crippen LogP contribution in [0.25, 0.3) is 0 Å². The highest BCUT2D eigenvalue weighted by Crippen LogP contribution is 2.40. The zero-order valence-corrected chi connectivity index (χ0v) is 8.96. The lowest BCUT2D eigenvalue weighted by Crippen LogP contribution is -2.40. The number of rotatable bonds is 3. The van der Waals surface area contributed by atoms with Gasteiger partial charge in [0.25, 0.3) is 0 Å². The summed E-state index contributed by atoms with van der Waals surface area (Å²) in [7, 11) is 0.757. The number of hydrogen-bond acceptors (Lipinski definition) is 1. The van der Waals surface area contributed by atoms with E-state index in [1.807, 2.05) is 0 Å². The van der Waals surface area contributed by atoms with Crippen LogP contribution in [0.1, 0.15) is 5.56 Å². The van der Waals surface area contributed by atoms with Gasteiger partial charge in [-0.25, -0.2) is 0 Å². The molecule has 0 saturated carbocycles. The maximum absolute atomic E-state index is 12.7. The van der Waals surface area contributed by atoms with Crippen LogP contribution < -0.4 is 4.74 Å². The second-order valence-electron chi connectivity index (χ2n) is 3.05. The van der Waals surface area contributed by atoms with E-state index in [0.29, 0.717) is 0 Å². The molecule has 0 bridgehead atoms. The van der Waals surface area contributed by atoms with Crippen LogP contribution in [0.3, 0.4) is 0 Å². The first-order valence-corrected chi connectivity index (χ1v) is 4.60. The molecule has 1 unspecified atom stereocenters. The van der Waals surface area contributed by atoms with Crippen molar-refractivity contribution in [3.05, 3.63) is 29.8 Å². The molecule has 0 heterocycles. The summed E-state index contributed by atoms with van der Waals surface area (Å²) in [5, 5.41) is 0. The lowest BCUT2D eigenvalue weighted by atomic mass is 10.2. The zero-order valence-electron chi connectivity index (χ0n) is 7.81. The summed E-state index contributed by atoms with van der Waals surface area (Å²) < 4.78 is 54.1. The molecule has 1 nitrogen and oxygen atoms in total. The van der Waals surface area contributed by atoms with Gasteiger partial charge in [0, 0.05) is 0 Å². The van der Waals surface area contributed by atoms with Gasteiger partial charge in [-0.05, 0) is 19.1 Å². The van der Waals surface area contributed by atoms with E-state index in [4.69, 9.17) is 0 Å². The summed E-state index contributed by atoms with van der Waals surface area (Å²) in [4.78, 5) is 0. The summed E-state index contributed by atoms with van der Waals surface area (Å²) >= 11 is 0. The molecule has 0 aliphatic rings. The quantitative estimate of drug-likeness (QED) is 0.581. The highest BCUT2D eigenvalue weighted by molar-refractivity contribution is 7.18. The first-order valence-electron chi connectivity index (χ1n) is 4.02. The third-order valence-electron chi connectivity index (χ3n) is 1.66. The number of ether oxygens (including phenoxy) is 1. The van der Waals surface area contributed by atoms with Crippen molar-refractivity contribution in [2.75, 3.05) is 0 Å². The SMILES string of the molecule is Cc1ccc(OC(F)(F)C(F)(F)P)cc1. The Labute approximate surface area is 86.6 Å². The molecule has 1 aromatic rings. The Morgan fingerprint density at radius 3 is 1.93 bits per heavy atom. The highest BCUT2D eigenvalue weighted by atomic mass is 31.0. The van der Waals surface area contributed by atoms with Gasteiger partial charge in [0.1, 0.15) is 5.75 Å². The van der Waals surface area contributed by atoms with Gasteiger partial charge in [0.2, 0.25) is 0 Å². The van der Waals surface area contributed by atoms with E-state index in [9.17, 15) is 17.6 Å². The molecular weight excluding hydrogens is 231 g/mol. The minimum Gasteiger partial charge on any atom is -0.428 e. The van der Waals surface area contributed by atoms with Gasteiger partial charge >= 0.3 is 11.8 Å². The van der Waals surface area contributed by atoms with Crippen LogP contribution in [0.5, 0.6) is 5.75 Å². The molecule has 0 fully saturated rings. The van der Waals surface area contributed by atoms with E-state index in [1.165, 1.54) is 24.3 Å². The Morgan fingerprint density at radius 1 is 1.07 bits per heavy atom. The van der Waals surface area contributed by atoms with E-state index >= 15 is 0 Å². The molecule has 0 amide bonds. The van der Waals surface area contributed by atoms with Crippen molar-refractivity contribution >= 4 is 9.24 Å². The smallest absolute Gasteiger partial charge is 0.428 e. The van der Waals surface area contributed by atoms with Gasteiger partial charge in [-0.15, -0.1) is 0 Å². The summed E-state index contributed by atoms with van der Waals surface area (Å²) in [5.74, 6) is -0.298.